The molecule has 0 saturated carbocycles. The molecule has 6 heteroatoms. The van der Waals surface area contributed by atoms with Gasteiger partial charge in [0.2, 0.25) is 0 Å². The molecule has 1 rings (SSSR count). The number of carbonyl (C=O) groups is 1. The Balaban J connectivity index is 0.00000529. The number of nitrogens with two attached hydrogens (primary N) is 1. The van der Waals surface area contributed by atoms with Gasteiger partial charge in [0, 0.05) is 12.1 Å². The van der Waals surface area contributed by atoms with Crippen molar-refractivity contribution in [2.24, 2.45) is 11.7 Å². The number of rotatable bonds is 9. The molecular formula is C18H31ClN2O3. The highest BCUT2D eigenvalue weighted by Crippen LogP contribution is 2.28. The molecule has 1 atom stereocenters. The van der Waals surface area contributed by atoms with E-state index in [2.05, 4.69) is 12.2 Å². The van der Waals surface area contributed by atoms with Gasteiger partial charge in [0.25, 0.3) is 5.91 Å². The van der Waals surface area contributed by atoms with Crippen LogP contribution in [0.25, 0.3) is 0 Å². The molecule has 0 aliphatic rings. The van der Waals surface area contributed by atoms with E-state index >= 15 is 0 Å². The number of methoxy groups -OCH3 is 1. The van der Waals surface area contributed by atoms with Gasteiger partial charge in [-0.25, -0.2) is 0 Å². The Morgan fingerprint density at radius 1 is 1.33 bits per heavy atom. The first-order chi connectivity index (χ1) is 10.9. The molecule has 0 radical (unpaired) electrons. The third-order valence-corrected chi connectivity index (χ3v) is 4.28. The number of hydrogen-bond acceptors (Lipinski definition) is 4. The van der Waals surface area contributed by atoms with Gasteiger partial charge in [-0.05, 0) is 37.5 Å². The highest BCUT2D eigenvalue weighted by molar-refractivity contribution is 5.95. The van der Waals surface area contributed by atoms with Gasteiger partial charge in [-0.15, -0.1) is 12.4 Å². The van der Waals surface area contributed by atoms with E-state index in [-0.39, 0.29) is 24.2 Å². The molecular weight excluding hydrogens is 328 g/mol. The van der Waals surface area contributed by atoms with Crippen LogP contribution >= 0.6 is 12.4 Å². The molecule has 0 aromatic heterocycles. The van der Waals surface area contributed by atoms with Crippen molar-refractivity contribution in [2.45, 2.75) is 46.1 Å². The zero-order valence-corrected chi connectivity index (χ0v) is 16.2. The Kier molecular flexibility index (Phi) is 9.78. The quantitative estimate of drug-likeness (QED) is 0.663. The molecule has 0 aliphatic heterocycles. The standard InChI is InChI=1S/C18H30N2O3.ClH/c1-6-7-10-23-15-9-8-14(11-16(15)22-5)17(21)20-18(4,12-19)13(2)3;/h8-9,11,13H,6-7,10,12,19H2,1-5H3,(H,20,21);1H. The second-order valence-corrected chi connectivity index (χ2v) is 6.30. The van der Waals surface area contributed by atoms with Crippen molar-refractivity contribution in [2.75, 3.05) is 20.3 Å². The number of nitrogens with one attached hydrogen (secondary N) is 1. The molecule has 0 heterocycles. The first kappa shape index (κ1) is 22.5. The number of ether oxygens (including phenoxy) is 2. The van der Waals surface area contributed by atoms with Gasteiger partial charge in [0.05, 0.1) is 19.3 Å². The molecule has 0 fully saturated rings. The maximum absolute atomic E-state index is 12.5. The molecule has 0 aliphatic carbocycles. The zero-order valence-electron chi connectivity index (χ0n) is 15.3. The zero-order chi connectivity index (χ0) is 17.5. The highest BCUT2D eigenvalue weighted by atomic mass is 35.5. The fraction of sp³-hybridized carbons (Fsp3) is 0.611. The maximum Gasteiger partial charge on any atom is 0.251 e. The summed E-state index contributed by atoms with van der Waals surface area (Å²) in [4.78, 5) is 12.5. The van der Waals surface area contributed by atoms with E-state index in [9.17, 15) is 4.79 Å². The van der Waals surface area contributed by atoms with E-state index in [4.69, 9.17) is 15.2 Å². The second-order valence-electron chi connectivity index (χ2n) is 6.30. The van der Waals surface area contributed by atoms with Gasteiger partial charge in [0.1, 0.15) is 0 Å². The molecule has 5 nitrogen and oxygen atoms in total. The molecule has 1 amide bonds. The van der Waals surface area contributed by atoms with E-state index in [0.29, 0.717) is 30.2 Å². The van der Waals surface area contributed by atoms with Gasteiger partial charge in [-0.2, -0.15) is 0 Å². The summed E-state index contributed by atoms with van der Waals surface area (Å²) >= 11 is 0. The van der Waals surface area contributed by atoms with Crippen LogP contribution < -0.4 is 20.5 Å². The van der Waals surface area contributed by atoms with Gasteiger partial charge >= 0.3 is 0 Å². The molecule has 0 spiro atoms. The minimum absolute atomic E-state index is 0. The fourth-order valence-electron chi connectivity index (χ4n) is 2.02. The van der Waals surface area contributed by atoms with Crippen molar-refractivity contribution in [1.29, 1.82) is 0 Å². The Hall–Kier alpha value is -1.46. The van der Waals surface area contributed by atoms with Gasteiger partial charge in [-0.1, -0.05) is 27.2 Å². The smallest absolute Gasteiger partial charge is 0.251 e. The summed E-state index contributed by atoms with van der Waals surface area (Å²) in [7, 11) is 1.57. The summed E-state index contributed by atoms with van der Waals surface area (Å²) in [5.41, 5.74) is 5.91. The Morgan fingerprint density at radius 2 is 2.00 bits per heavy atom. The number of carbonyl (C=O) groups excluding carboxylic acids is 1. The van der Waals surface area contributed by atoms with Crippen LogP contribution in [-0.2, 0) is 0 Å². The van der Waals surface area contributed by atoms with E-state index in [0.717, 1.165) is 12.8 Å². The Bertz CT molecular complexity index is 523. The summed E-state index contributed by atoms with van der Waals surface area (Å²) in [6, 6.07) is 5.23. The normalized spacial score (nSPS) is 13.0. The van der Waals surface area contributed by atoms with Crippen molar-refractivity contribution in [1.82, 2.24) is 5.32 Å². The lowest BCUT2D eigenvalue weighted by Gasteiger charge is -2.33. The number of hydrogen-bond donors (Lipinski definition) is 2. The first-order valence-electron chi connectivity index (χ1n) is 8.21. The predicted molar refractivity (Wildman–Crippen MR) is 100 cm³/mol. The average molecular weight is 359 g/mol. The minimum atomic E-state index is -0.444. The van der Waals surface area contributed by atoms with Crippen LogP contribution in [-0.4, -0.2) is 31.7 Å². The molecule has 0 bridgehead atoms. The molecule has 0 saturated heterocycles. The van der Waals surface area contributed by atoms with E-state index in [1.54, 1.807) is 25.3 Å². The minimum Gasteiger partial charge on any atom is -0.493 e. The van der Waals surface area contributed by atoms with E-state index in [1.807, 2.05) is 20.8 Å². The predicted octanol–water partition coefficient (Wildman–Crippen LogP) is 3.40. The summed E-state index contributed by atoms with van der Waals surface area (Å²) in [6.45, 7) is 9.16. The molecule has 1 aromatic carbocycles. The van der Waals surface area contributed by atoms with Crippen molar-refractivity contribution in [3.8, 4) is 11.5 Å². The third kappa shape index (κ3) is 5.87. The van der Waals surface area contributed by atoms with Crippen LogP contribution in [0.2, 0.25) is 0 Å². The van der Waals surface area contributed by atoms with Gasteiger partial charge < -0.3 is 20.5 Å². The third-order valence-electron chi connectivity index (χ3n) is 4.28. The number of unbranched alkanes of at least 4 members (excludes halogenated alkanes) is 1. The maximum atomic E-state index is 12.5. The van der Waals surface area contributed by atoms with Crippen LogP contribution in [0.15, 0.2) is 18.2 Å². The largest absolute Gasteiger partial charge is 0.493 e. The summed E-state index contributed by atoms with van der Waals surface area (Å²) in [6.07, 6.45) is 2.05. The number of halogens is 1. The highest BCUT2D eigenvalue weighted by Gasteiger charge is 2.29. The average Bonchev–Trinajstić information content (AvgIpc) is 2.54. The van der Waals surface area contributed by atoms with Crippen molar-refractivity contribution in [3.05, 3.63) is 23.8 Å². The van der Waals surface area contributed by atoms with Crippen LogP contribution in [0.5, 0.6) is 11.5 Å². The molecule has 24 heavy (non-hydrogen) atoms. The lowest BCUT2D eigenvalue weighted by Crippen LogP contribution is -2.55. The molecule has 1 unspecified atom stereocenters. The number of benzene rings is 1. The SMILES string of the molecule is CCCCOc1ccc(C(=O)NC(C)(CN)C(C)C)cc1OC.Cl. The lowest BCUT2D eigenvalue weighted by atomic mass is 9.88. The fourth-order valence-corrected chi connectivity index (χ4v) is 2.02. The van der Waals surface area contributed by atoms with Gasteiger partial charge in [0.15, 0.2) is 11.5 Å². The molecule has 138 valence electrons. The summed E-state index contributed by atoms with van der Waals surface area (Å²) < 4.78 is 11.0. The Labute approximate surface area is 151 Å². The van der Waals surface area contributed by atoms with Crippen molar-refractivity contribution in [3.63, 3.8) is 0 Å². The topological polar surface area (TPSA) is 73.6 Å². The van der Waals surface area contributed by atoms with E-state index in [1.165, 1.54) is 0 Å². The number of amides is 1. The van der Waals surface area contributed by atoms with Gasteiger partial charge in [-0.3, -0.25) is 4.79 Å². The first-order valence-corrected chi connectivity index (χ1v) is 8.21. The lowest BCUT2D eigenvalue weighted by molar-refractivity contribution is 0.0883. The van der Waals surface area contributed by atoms with Crippen LogP contribution in [0.4, 0.5) is 0 Å². The molecule has 1 aromatic rings. The van der Waals surface area contributed by atoms with Crippen molar-refractivity contribution < 1.29 is 14.3 Å². The Morgan fingerprint density at radius 3 is 2.50 bits per heavy atom. The van der Waals surface area contributed by atoms with Crippen LogP contribution in [0, 0.1) is 5.92 Å². The monoisotopic (exact) mass is 358 g/mol. The summed E-state index contributed by atoms with van der Waals surface area (Å²) in [5.74, 6) is 1.29. The summed E-state index contributed by atoms with van der Waals surface area (Å²) in [5, 5.41) is 3.02. The van der Waals surface area contributed by atoms with Crippen molar-refractivity contribution >= 4 is 18.3 Å². The second kappa shape index (κ2) is 10.4. The van der Waals surface area contributed by atoms with E-state index < -0.39 is 5.54 Å². The van der Waals surface area contributed by atoms with Crippen LogP contribution in [0.3, 0.4) is 0 Å². The molecule has 3 N–H and O–H groups in total. The van der Waals surface area contributed by atoms with Crippen LogP contribution in [0.1, 0.15) is 50.9 Å².